The van der Waals surface area contributed by atoms with Gasteiger partial charge in [0.05, 0.1) is 4.47 Å². The van der Waals surface area contributed by atoms with Gasteiger partial charge in [0.2, 0.25) is 5.28 Å². The maximum Gasteiger partial charge on any atom is 0.223 e. The molecule has 0 unspecified atom stereocenters. The van der Waals surface area contributed by atoms with Crippen molar-refractivity contribution in [3.05, 3.63) is 22.0 Å². The first kappa shape index (κ1) is 12.3. The van der Waals surface area contributed by atoms with Crippen LogP contribution in [-0.4, -0.2) is 19.9 Å². The summed E-state index contributed by atoms with van der Waals surface area (Å²) in [6, 6.07) is 1.48. The summed E-state index contributed by atoms with van der Waals surface area (Å²) in [5, 5.41) is 1.14. The summed E-state index contributed by atoms with van der Waals surface area (Å²) in [6.07, 6.45) is 1.55. The third-order valence-electron chi connectivity index (χ3n) is 1.62. The first-order valence-corrected chi connectivity index (χ1v) is 6.29. The molecule has 0 fully saturated rings. The Morgan fingerprint density at radius 3 is 2.47 bits per heavy atom. The zero-order chi connectivity index (χ0) is 12.4. The van der Waals surface area contributed by atoms with E-state index in [0.29, 0.717) is 26.3 Å². The van der Waals surface area contributed by atoms with E-state index in [1.165, 1.54) is 17.8 Å². The molecule has 17 heavy (non-hydrogen) atoms. The number of nitrogens with two attached hydrogens (primary N) is 2. The van der Waals surface area contributed by atoms with Gasteiger partial charge in [0, 0.05) is 12.3 Å². The Balaban J connectivity index is 2.34. The molecule has 0 saturated carbocycles. The van der Waals surface area contributed by atoms with Crippen molar-refractivity contribution in [2.45, 2.75) is 10.2 Å². The molecule has 0 radical (unpaired) electrons. The molecule has 0 spiro atoms. The molecule has 0 atom stereocenters. The van der Waals surface area contributed by atoms with Crippen LogP contribution in [-0.2, 0) is 0 Å². The van der Waals surface area contributed by atoms with Gasteiger partial charge in [-0.2, -0.15) is 0 Å². The van der Waals surface area contributed by atoms with Gasteiger partial charge in [-0.05, 0) is 39.3 Å². The number of hydrogen-bond acceptors (Lipinski definition) is 7. The monoisotopic (exact) mass is 332 g/mol. The van der Waals surface area contributed by atoms with E-state index in [-0.39, 0.29) is 5.28 Å². The quantitative estimate of drug-likeness (QED) is 0.640. The summed E-state index contributed by atoms with van der Waals surface area (Å²) in [5.41, 5.74) is 11.1. The van der Waals surface area contributed by atoms with E-state index >= 15 is 0 Å². The van der Waals surface area contributed by atoms with Crippen molar-refractivity contribution >= 4 is 50.9 Å². The van der Waals surface area contributed by atoms with Crippen LogP contribution in [0.3, 0.4) is 0 Å². The molecular weight excluding hydrogens is 328 g/mol. The van der Waals surface area contributed by atoms with Crippen LogP contribution in [0.5, 0.6) is 0 Å². The van der Waals surface area contributed by atoms with Gasteiger partial charge in [-0.15, -0.1) is 0 Å². The summed E-state index contributed by atoms with van der Waals surface area (Å²) in [6.45, 7) is 0. The Morgan fingerprint density at radius 1 is 1.18 bits per heavy atom. The molecule has 4 N–H and O–H groups in total. The van der Waals surface area contributed by atoms with E-state index in [4.69, 9.17) is 23.1 Å². The number of anilines is 2. The molecule has 6 nitrogen and oxygen atoms in total. The highest BCUT2D eigenvalue weighted by molar-refractivity contribution is 9.10. The maximum atomic E-state index is 5.70. The molecule has 0 amide bonds. The second-order valence-electron chi connectivity index (χ2n) is 2.89. The molecule has 2 heterocycles. The first-order valence-electron chi connectivity index (χ1n) is 4.30. The van der Waals surface area contributed by atoms with Crippen LogP contribution >= 0.6 is 39.3 Å². The third-order valence-corrected chi connectivity index (χ3v) is 3.51. The van der Waals surface area contributed by atoms with Crippen molar-refractivity contribution in [1.82, 2.24) is 19.9 Å². The summed E-state index contributed by atoms with van der Waals surface area (Å²) < 4.78 is 0.691. The highest BCUT2D eigenvalue weighted by Crippen LogP contribution is 2.30. The fraction of sp³-hybridized carbons (Fsp3) is 0. The van der Waals surface area contributed by atoms with Gasteiger partial charge < -0.3 is 11.5 Å². The molecule has 0 aliphatic carbocycles. The standard InChI is InChI=1S/C8H6BrClN6S/c9-3-2-13-7(10)16-6(3)17-8-14-4(11)1-5(12)15-8/h1-2H,(H4,11,12,14,15). The second-order valence-corrected chi connectivity index (χ2v) is 5.04. The Morgan fingerprint density at radius 2 is 1.82 bits per heavy atom. The molecule has 0 aliphatic rings. The minimum atomic E-state index is 0.146. The molecule has 0 aromatic carbocycles. The van der Waals surface area contributed by atoms with E-state index in [1.807, 2.05) is 0 Å². The largest absolute Gasteiger partial charge is 0.383 e. The topological polar surface area (TPSA) is 104 Å². The average Bonchev–Trinajstić information content (AvgIpc) is 2.22. The van der Waals surface area contributed by atoms with Gasteiger partial charge in [-0.3, -0.25) is 0 Å². The number of halogens is 2. The zero-order valence-corrected chi connectivity index (χ0v) is 11.4. The summed E-state index contributed by atoms with van der Waals surface area (Å²) in [5.74, 6) is 0.604. The van der Waals surface area contributed by atoms with Crippen molar-refractivity contribution in [3.8, 4) is 0 Å². The lowest BCUT2D eigenvalue weighted by Crippen LogP contribution is -1.99. The number of hydrogen-bond donors (Lipinski definition) is 2. The molecule has 9 heteroatoms. The first-order chi connectivity index (χ1) is 8.04. The SMILES string of the molecule is Nc1cc(N)nc(Sc2nc(Cl)ncc2Br)n1. The highest BCUT2D eigenvalue weighted by Gasteiger charge is 2.09. The number of rotatable bonds is 2. The summed E-state index contributed by atoms with van der Waals surface area (Å²) >= 11 is 10.2. The van der Waals surface area contributed by atoms with Gasteiger partial charge in [0.15, 0.2) is 5.16 Å². The smallest absolute Gasteiger partial charge is 0.223 e. The normalized spacial score (nSPS) is 10.5. The number of nitrogens with zero attached hydrogens (tertiary/aromatic N) is 4. The lowest BCUT2D eigenvalue weighted by atomic mass is 10.5. The van der Waals surface area contributed by atoms with Gasteiger partial charge in [0.25, 0.3) is 0 Å². The molecule has 2 rings (SSSR count). The third kappa shape index (κ3) is 3.18. The number of nitrogen functional groups attached to an aromatic ring is 2. The lowest BCUT2D eigenvalue weighted by molar-refractivity contribution is 0.965. The van der Waals surface area contributed by atoms with Gasteiger partial charge in [-0.1, -0.05) is 0 Å². The maximum absolute atomic E-state index is 5.70. The van der Waals surface area contributed by atoms with E-state index < -0.39 is 0 Å². The predicted molar refractivity (Wildman–Crippen MR) is 69.7 cm³/mol. The van der Waals surface area contributed by atoms with Crippen molar-refractivity contribution in [2.24, 2.45) is 0 Å². The van der Waals surface area contributed by atoms with E-state index in [0.717, 1.165) is 0 Å². The van der Waals surface area contributed by atoms with Crippen LogP contribution in [0.2, 0.25) is 5.28 Å². The van der Waals surface area contributed by atoms with Gasteiger partial charge >= 0.3 is 0 Å². The highest BCUT2D eigenvalue weighted by atomic mass is 79.9. The molecular formula is C8H6BrClN6S. The van der Waals surface area contributed by atoms with Crippen molar-refractivity contribution < 1.29 is 0 Å². The van der Waals surface area contributed by atoms with Crippen LogP contribution in [0.4, 0.5) is 11.6 Å². The Labute approximate surface area is 114 Å². The minimum Gasteiger partial charge on any atom is -0.383 e. The van der Waals surface area contributed by atoms with Crippen LogP contribution in [0.1, 0.15) is 0 Å². The van der Waals surface area contributed by atoms with E-state index in [2.05, 4.69) is 35.9 Å². The fourth-order valence-electron chi connectivity index (χ4n) is 0.997. The average molecular weight is 334 g/mol. The van der Waals surface area contributed by atoms with Crippen LogP contribution < -0.4 is 11.5 Å². The van der Waals surface area contributed by atoms with E-state index in [1.54, 1.807) is 6.20 Å². The molecule has 0 aliphatic heterocycles. The van der Waals surface area contributed by atoms with Crippen molar-refractivity contribution in [3.63, 3.8) is 0 Å². The Kier molecular flexibility index (Phi) is 3.65. The van der Waals surface area contributed by atoms with Gasteiger partial charge in [0.1, 0.15) is 16.7 Å². The minimum absolute atomic E-state index is 0.146. The van der Waals surface area contributed by atoms with Crippen LogP contribution in [0.25, 0.3) is 0 Å². The second kappa shape index (κ2) is 5.03. The van der Waals surface area contributed by atoms with Crippen LogP contribution in [0, 0.1) is 0 Å². The number of aromatic nitrogens is 4. The Bertz CT molecular complexity index is 545. The molecule has 0 saturated heterocycles. The zero-order valence-electron chi connectivity index (χ0n) is 8.26. The predicted octanol–water partition coefficient (Wildman–Crippen LogP) is 2.00. The molecule has 0 bridgehead atoms. The Hall–Kier alpha value is -1.12. The summed E-state index contributed by atoms with van der Waals surface area (Å²) in [7, 11) is 0. The molecule has 2 aromatic heterocycles. The summed E-state index contributed by atoms with van der Waals surface area (Å²) in [4.78, 5) is 15.9. The van der Waals surface area contributed by atoms with Crippen LogP contribution in [0.15, 0.2) is 26.9 Å². The van der Waals surface area contributed by atoms with Crippen molar-refractivity contribution in [1.29, 1.82) is 0 Å². The lowest BCUT2D eigenvalue weighted by Gasteiger charge is -2.03. The molecule has 2 aromatic rings. The fourth-order valence-corrected chi connectivity index (χ4v) is 2.37. The molecule has 88 valence electrons. The van der Waals surface area contributed by atoms with E-state index in [9.17, 15) is 0 Å². The van der Waals surface area contributed by atoms with Gasteiger partial charge in [-0.25, -0.2) is 19.9 Å². The van der Waals surface area contributed by atoms with Crippen molar-refractivity contribution in [2.75, 3.05) is 11.5 Å².